The average molecular weight is 297 g/mol. The summed E-state index contributed by atoms with van der Waals surface area (Å²) in [5.41, 5.74) is 9.59. The van der Waals surface area contributed by atoms with Crippen molar-refractivity contribution in [1.29, 1.82) is 0 Å². The predicted octanol–water partition coefficient (Wildman–Crippen LogP) is 3.75. The molecule has 0 bridgehead atoms. The lowest BCUT2D eigenvalue weighted by Crippen LogP contribution is -2.13. The number of rotatable bonds is 2. The van der Waals surface area contributed by atoms with Crippen molar-refractivity contribution >= 4 is 38.8 Å². The fourth-order valence-corrected chi connectivity index (χ4v) is 3.12. The van der Waals surface area contributed by atoms with Gasteiger partial charge in [-0.25, -0.2) is 4.98 Å². The minimum atomic E-state index is -0.131. The first kappa shape index (κ1) is 13.6. The summed E-state index contributed by atoms with van der Waals surface area (Å²) in [4.78, 5) is 16.7. The molecule has 106 valence electrons. The van der Waals surface area contributed by atoms with Gasteiger partial charge in [0.05, 0.1) is 15.2 Å². The maximum absolute atomic E-state index is 12.3. The second-order valence-electron chi connectivity index (χ2n) is 4.94. The van der Waals surface area contributed by atoms with Gasteiger partial charge in [0.15, 0.2) is 0 Å². The average Bonchev–Trinajstić information content (AvgIpc) is 2.77. The van der Waals surface area contributed by atoms with Crippen LogP contribution in [0, 0.1) is 13.8 Å². The molecule has 3 N–H and O–H groups in total. The monoisotopic (exact) mass is 297 g/mol. The van der Waals surface area contributed by atoms with E-state index in [1.54, 1.807) is 29.5 Å². The maximum atomic E-state index is 12.3. The van der Waals surface area contributed by atoms with Crippen LogP contribution < -0.4 is 11.1 Å². The Labute approximate surface area is 126 Å². The lowest BCUT2D eigenvalue weighted by molar-refractivity contribution is 0.102. The summed E-state index contributed by atoms with van der Waals surface area (Å²) in [6, 6.07) is 11.0. The molecule has 0 saturated heterocycles. The molecular formula is C16H15N3OS. The van der Waals surface area contributed by atoms with E-state index in [9.17, 15) is 4.79 Å². The van der Waals surface area contributed by atoms with E-state index in [1.807, 2.05) is 32.0 Å². The van der Waals surface area contributed by atoms with Crippen molar-refractivity contribution in [1.82, 2.24) is 4.98 Å². The van der Waals surface area contributed by atoms with Crippen molar-refractivity contribution in [2.24, 2.45) is 0 Å². The molecular weight excluding hydrogens is 282 g/mol. The number of fused-ring (bicyclic) bond motifs is 1. The van der Waals surface area contributed by atoms with Crippen LogP contribution in [0.3, 0.4) is 0 Å². The summed E-state index contributed by atoms with van der Waals surface area (Å²) in [6.07, 6.45) is 0. The van der Waals surface area contributed by atoms with E-state index in [-0.39, 0.29) is 5.91 Å². The molecule has 1 heterocycles. The van der Waals surface area contributed by atoms with E-state index in [1.165, 1.54) is 0 Å². The van der Waals surface area contributed by atoms with Crippen LogP contribution in [0.25, 0.3) is 10.2 Å². The number of carbonyl (C=O) groups is 1. The first-order valence-electron chi connectivity index (χ1n) is 6.57. The number of aromatic nitrogens is 1. The number of hydrogen-bond acceptors (Lipinski definition) is 4. The van der Waals surface area contributed by atoms with Crippen LogP contribution in [0.1, 0.15) is 20.9 Å². The van der Waals surface area contributed by atoms with E-state index in [2.05, 4.69) is 10.3 Å². The molecule has 0 aliphatic heterocycles. The lowest BCUT2D eigenvalue weighted by Gasteiger charge is -2.08. The van der Waals surface area contributed by atoms with Gasteiger partial charge in [0.2, 0.25) is 0 Å². The van der Waals surface area contributed by atoms with Gasteiger partial charge in [0.25, 0.3) is 5.91 Å². The third-order valence-corrected chi connectivity index (χ3v) is 4.18. The second-order valence-corrected chi connectivity index (χ2v) is 6.18. The third kappa shape index (κ3) is 2.73. The van der Waals surface area contributed by atoms with E-state index in [0.717, 1.165) is 26.5 Å². The Morgan fingerprint density at radius 2 is 2.00 bits per heavy atom. The molecule has 5 heteroatoms. The molecule has 1 aromatic heterocycles. The molecule has 0 aliphatic rings. The molecule has 21 heavy (non-hydrogen) atoms. The van der Waals surface area contributed by atoms with Gasteiger partial charge in [-0.3, -0.25) is 4.79 Å². The molecule has 1 amide bonds. The van der Waals surface area contributed by atoms with Gasteiger partial charge in [0.1, 0.15) is 0 Å². The quantitative estimate of drug-likeness (QED) is 0.708. The highest BCUT2D eigenvalue weighted by Crippen LogP contribution is 2.25. The normalized spacial score (nSPS) is 10.8. The van der Waals surface area contributed by atoms with E-state index < -0.39 is 0 Å². The minimum Gasteiger partial charge on any atom is -0.399 e. The highest BCUT2D eigenvalue weighted by Gasteiger charge is 2.10. The van der Waals surface area contributed by atoms with Gasteiger partial charge >= 0.3 is 0 Å². The van der Waals surface area contributed by atoms with Gasteiger partial charge in [0, 0.05) is 16.9 Å². The summed E-state index contributed by atoms with van der Waals surface area (Å²) in [5, 5.41) is 3.94. The Morgan fingerprint density at radius 1 is 1.19 bits per heavy atom. The molecule has 3 aromatic rings. The zero-order valence-corrected chi connectivity index (χ0v) is 12.6. The SMILES string of the molecule is Cc1nc2ccc(NC(=O)c3ccc(N)cc3C)cc2s1. The summed E-state index contributed by atoms with van der Waals surface area (Å²) >= 11 is 1.62. The van der Waals surface area contributed by atoms with Gasteiger partial charge in [-0.05, 0) is 55.8 Å². The Morgan fingerprint density at radius 3 is 2.76 bits per heavy atom. The molecule has 2 aromatic carbocycles. The van der Waals surface area contributed by atoms with Crippen LogP contribution in [0.15, 0.2) is 36.4 Å². The smallest absolute Gasteiger partial charge is 0.255 e. The number of aryl methyl sites for hydroxylation is 2. The van der Waals surface area contributed by atoms with Crippen molar-refractivity contribution in [3.63, 3.8) is 0 Å². The van der Waals surface area contributed by atoms with Crippen molar-refractivity contribution in [3.8, 4) is 0 Å². The van der Waals surface area contributed by atoms with Crippen molar-refractivity contribution < 1.29 is 4.79 Å². The Kier molecular flexibility index (Phi) is 3.35. The molecule has 0 radical (unpaired) electrons. The van der Waals surface area contributed by atoms with E-state index in [4.69, 9.17) is 5.73 Å². The molecule has 0 spiro atoms. The van der Waals surface area contributed by atoms with Gasteiger partial charge in [-0.1, -0.05) is 0 Å². The first-order valence-corrected chi connectivity index (χ1v) is 7.39. The van der Waals surface area contributed by atoms with Crippen LogP contribution in [0.5, 0.6) is 0 Å². The summed E-state index contributed by atoms with van der Waals surface area (Å²) in [7, 11) is 0. The number of carbonyl (C=O) groups excluding carboxylic acids is 1. The second kappa shape index (κ2) is 5.18. The largest absolute Gasteiger partial charge is 0.399 e. The number of nitrogen functional groups attached to an aromatic ring is 1. The topological polar surface area (TPSA) is 68.0 Å². The van der Waals surface area contributed by atoms with Crippen LogP contribution in [-0.4, -0.2) is 10.9 Å². The fraction of sp³-hybridized carbons (Fsp3) is 0.125. The standard InChI is InChI=1S/C16H15N3OS/c1-9-7-11(17)3-5-13(9)16(20)19-12-4-6-14-15(8-12)21-10(2)18-14/h3-8H,17H2,1-2H3,(H,19,20). The number of benzene rings is 2. The Bertz CT molecular complexity index is 839. The number of thiazole rings is 1. The number of nitrogens with two attached hydrogens (primary N) is 1. The number of nitrogens with zero attached hydrogens (tertiary/aromatic N) is 1. The predicted molar refractivity (Wildman–Crippen MR) is 87.9 cm³/mol. The van der Waals surface area contributed by atoms with E-state index in [0.29, 0.717) is 11.3 Å². The van der Waals surface area contributed by atoms with Gasteiger partial charge < -0.3 is 11.1 Å². The number of nitrogens with one attached hydrogen (secondary N) is 1. The summed E-state index contributed by atoms with van der Waals surface area (Å²) in [6.45, 7) is 3.85. The zero-order chi connectivity index (χ0) is 15.0. The molecule has 0 fully saturated rings. The van der Waals surface area contributed by atoms with Crippen molar-refractivity contribution in [2.45, 2.75) is 13.8 Å². The molecule has 4 nitrogen and oxygen atoms in total. The maximum Gasteiger partial charge on any atom is 0.255 e. The Hall–Kier alpha value is -2.40. The molecule has 0 aliphatic carbocycles. The molecule has 0 atom stereocenters. The highest BCUT2D eigenvalue weighted by atomic mass is 32.1. The van der Waals surface area contributed by atoms with E-state index >= 15 is 0 Å². The van der Waals surface area contributed by atoms with Crippen LogP contribution in [0.2, 0.25) is 0 Å². The molecule has 3 rings (SSSR count). The van der Waals surface area contributed by atoms with Crippen molar-refractivity contribution in [3.05, 3.63) is 52.5 Å². The Balaban J connectivity index is 1.88. The van der Waals surface area contributed by atoms with Gasteiger partial charge in [-0.2, -0.15) is 0 Å². The van der Waals surface area contributed by atoms with Crippen LogP contribution in [0.4, 0.5) is 11.4 Å². The van der Waals surface area contributed by atoms with Gasteiger partial charge in [-0.15, -0.1) is 11.3 Å². The van der Waals surface area contributed by atoms with Crippen molar-refractivity contribution in [2.75, 3.05) is 11.1 Å². The highest BCUT2D eigenvalue weighted by molar-refractivity contribution is 7.18. The number of anilines is 2. The fourth-order valence-electron chi connectivity index (χ4n) is 2.26. The van der Waals surface area contributed by atoms with Crippen LogP contribution >= 0.6 is 11.3 Å². The summed E-state index contributed by atoms with van der Waals surface area (Å²) in [5.74, 6) is -0.131. The van der Waals surface area contributed by atoms with Crippen LogP contribution in [-0.2, 0) is 0 Å². The first-order chi connectivity index (χ1) is 10.0. The number of amides is 1. The zero-order valence-electron chi connectivity index (χ0n) is 11.8. The molecule has 0 saturated carbocycles. The minimum absolute atomic E-state index is 0.131. The third-order valence-electron chi connectivity index (χ3n) is 3.25. The lowest BCUT2D eigenvalue weighted by atomic mass is 10.1. The number of hydrogen-bond donors (Lipinski definition) is 2. The molecule has 0 unspecified atom stereocenters. The summed E-state index contributed by atoms with van der Waals surface area (Å²) < 4.78 is 1.07.